The molecule has 0 atom stereocenters. The number of hydrogen-bond donors (Lipinski definition) is 0. The normalized spacial score (nSPS) is 18.1. The fourth-order valence-corrected chi connectivity index (χ4v) is 0.955. The van der Waals surface area contributed by atoms with Crippen LogP contribution >= 0.6 is 0 Å². The zero-order valence-electron chi connectivity index (χ0n) is 6.43. The fraction of sp³-hybridized carbons (Fsp3) is 0.857. The van der Waals surface area contributed by atoms with Crippen molar-refractivity contribution in [2.45, 2.75) is 20.3 Å². The number of hydrogen-bond acceptors (Lipinski definition) is 1. The maximum atomic E-state index is 4.28. The van der Waals surface area contributed by atoms with Gasteiger partial charge in [-0.25, -0.2) is 0 Å². The van der Waals surface area contributed by atoms with E-state index in [-0.39, 0.29) is 19.5 Å². The number of nitrogens with zero attached hydrogens (tertiary/aromatic N) is 2. The molecule has 0 N–H and O–H groups in total. The molecule has 1 aliphatic rings. The first-order chi connectivity index (χ1) is 4.30. The van der Waals surface area contributed by atoms with Crippen LogP contribution in [-0.4, -0.2) is 18.9 Å². The Morgan fingerprint density at radius 3 is 2.50 bits per heavy atom. The minimum absolute atomic E-state index is 0. The van der Waals surface area contributed by atoms with E-state index in [1.807, 2.05) is 0 Å². The largest absolute Gasteiger partial charge is 0.643 e. The minimum Gasteiger partial charge on any atom is -0.643 e. The SMILES string of the molecule is CC(C)C1=NC[N-]CC1.[Rh]. The maximum Gasteiger partial charge on any atom is 0.0110 e. The molecule has 0 fully saturated rings. The van der Waals surface area contributed by atoms with Crippen LogP contribution < -0.4 is 0 Å². The molecule has 0 amide bonds. The van der Waals surface area contributed by atoms with Crippen molar-refractivity contribution in [3.63, 3.8) is 0 Å². The Hall–Kier alpha value is 0.253. The second-order valence-corrected chi connectivity index (χ2v) is 2.64. The van der Waals surface area contributed by atoms with Gasteiger partial charge in [0.25, 0.3) is 0 Å². The van der Waals surface area contributed by atoms with Gasteiger partial charge in [-0.1, -0.05) is 20.5 Å². The summed E-state index contributed by atoms with van der Waals surface area (Å²) in [5.41, 5.74) is 1.34. The zero-order chi connectivity index (χ0) is 6.69. The zero-order valence-corrected chi connectivity index (χ0v) is 8.07. The predicted octanol–water partition coefficient (Wildman–Crippen LogP) is 1.82. The maximum absolute atomic E-state index is 4.28. The van der Waals surface area contributed by atoms with Crippen LogP contribution in [0.15, 0.2) is 4.99 Å². The molecule has 1 rings (SSSR count). The van der Waals surface area contributed by atoms with Gasteiger partial charge in [0.2, 0.25) is 0 Å². The van der Waals surface area contributed by atoms with Gasteiger partial charge < -0.3 is 10.3 Å². The van der Waals surface area contributed by atoms with Crippen LogP contribution in [-0.2, 0) is 19.5 Å². The molecule has 0 aliphatic carbocycles. The van der Waals surface area contributed by atoms with E-state index in [0.29, 0.717) is 12.6 Å². The van der Waals surface area contributed by atoms with Crippen LogP contribution in [0.2, 0.25) is 0 Å². The molecule has 1 heterocycles. The number of rotatable bonds is 1. The van der Waals surface area contributed by atoms with E-state index in [4.69, 9.17) is 0 Å². The van der Waals surface area contributed by atoms with Gasteiger partial charge in [0, 0.05) is 25.2 Å². The van der Waals surface area contributed by atoms with Crippen molar-refractivity contribution >= 4 is 5.71 Å². The van der Waals surface area contributed by atoms with E-state index < -0.39 is 0 Å². The van der Waals surface area contributed by atoms with Crippen LogP contribution in [0.1, 0.15) is 20.3 Å². The van der Waals surface area contributed by atoms with Gasteiger partial charge in [-0.2, -0.15) is 0 Å². The minimum atomic E-state index is 0. The van der Waals surface area contributed by atoms with E-state index in [1.54, 1.807) is 0 Å². The van der Waals surface area contributed by atoms with Crippen molar-refractivity contribution in [3.8, 4) is 0 Å². The molecule has 3 heteroatoms. The first-order valence-electron chi connectivity index (χ1n) is 3.47. The molecule has 0 aromatic carbocycles. The van der Waals surface area contributed by atoms with Crippen molar-refractivity contribution in [2.24, 2.45) is 10.9 Å². The Kier molecular flexibility index (Phi) is 5.10. The molecule has 1 radical (unpaired) electrons. The summed E-state index contributed by atoms with van der Waals surface area (Å²) in [6.07, 6.45) is 1.08. The average molecular weight is 228 g/mol. The number of aliphatic imine (C=N–C) groups is 1. The first-order valence-corrected chi connectivity index (χ1v) is 3.47. The molecule has 0 aromatic rings. The van der Waals surface area contributed by atoms with Crippen molar-refractivity contribution in [2.75, 3.05) is 13.2 Å². The van der Waals surface area contributed by atoms with E-state index in [9.17, 15) is 0 Å². The van der Waals surface area contributed by atoms with Crippen molar-refractivity contribution in [3.05, 3.63) is 5.32 Å². The summed E-state index contributed by atoms with van der Waals surface area (Å²) >= 11 is 0. The monoisotopic (exact) mass is 228 g/mol. The van der Waals surface area contributed by atoms with Gasteiger partial charge in [0.1, 0.15) is 0 Å². The second kappa shape index (κ2) is 4.98. The third-order valence-electron chi connectivity index (χ3n) is 1.57. The van der Waals surface area contributed by atoms with Crippen molar-refractivity contribution in [1.82, 2.24) is 0 Å². The molecule has 0 saturated carbocycles. The molecule has 2 nitrogen and oxygen atoms in total. The topological polar surface area (TPSA) is 26.5 Å². The standard InChI is InChI=1S/C7H13N2.Rh/c1-6(2)7-3-4-8-5-9-7;/h6H,3-5H2,1-2H3;/q-1;. The Morgan fingerprint density at radius 1 is 1.50 bits per heavy atom. The molecule has 0 saturated heterocycles. The summed E-state index contributed by atoms with van der Waals surface area (Å²) in [5.74, 6) is 0.625. The van der Waals surface area contributed by atoms with Gasteiger partial charge in [0.05, 0.1) is 0 Å². The van der Waals surface area contributed by atoms with Crippen LogP contribution in [0.4, 0.5) is 0 Å². The molecular formula is C7H13N2Rh-. The second-order valence-electron chi connectivity index (χ2n) is 2.64. The molecule has 10 heavy (non-hydrogen) atoms. The molecule has 1 aliphatic heterocycles. The molecule has 0 unspecified atom stereocenters. The third-order valence-corrected chi connectivity index (χ3v) is 1.57. The smallest absolute Gasteiger partial charge is 0.0110 e. The van der Waals surface area contributed by atoms with Crippen LogP contribution in [0.3, 0.4) is 0 Å². The van der Waals surface area contributed by atoms with E-state index >= 15 is 0 Å². The summed E-state index contributed by atoms with van der Waals surface area (Å²) in [6.45, 7) is 6.05. The average Bonchev–Trinajstić information content (AvgIpc) is 1.90. The van der Waals surface area contributed by atoms with Crippen molar-refractivity contribution in [1.29, 1.82) is 0 Å². The molecule has 0 bridgehead atoms. The molecular weight excluding hydrogens is 215 g/mol. The summed E-state index contributed by atoms with van der Waals surface area (Å²) in [6, 6.07) is 0. The van der Waals surface area contributed by atoms with E-state index in [2.05, 4.69) is 24.2 Å². The van der Waals surface area contributed by atoms with Gasteiger partial charge in [-0.05, 0) is 12.3 Å². The molecule has 0 spiro atoms. The Labute approximate surface area is 75.3 Å². The van der Waals surface area contributed by atoms with Crippen LogP contribution in [0.25, 0.3) is 5.32 Å². The Bertz CT molecular complexity index is 121. The van der Waals surface area contributed by atoms with E-state index in [0.717, 1.165) is 13.0 Å². The summed E-state index contributed by atoms with van der Waals surface area (Å²) in [7, 11) is 0. The first kappa shape index (κ1) is 10.3. The van der Waals surface area contributed by atoms with Crippen molar-refractivity contribution < 1.29 is 19.5 Å². The fourth-order valence-electron chi connectivity index (χ4n) is 0.955. The van der Waals surface area contributed by atoms with Crippen LogP contribution in [0, 0.1) is 5.92 Å². The molecule has 0 aromatic heterocycles. The Morgan fingerprint density at radius 2 is 2.20 bits per heavy atom. The van der Waals surface area contributed by atoms with Crippen LogP contribution in [0.5, 0.6) is 0 Å². The summed E-state index contributed by atoms with van der Waals surface area (Å²) < 4.78 is 0. The van der Waals surface area contributed by atoms with Gasteiger partial charge in [-0.15, -0.1) is 6.54 Å². The van der Waals surface area contributed by atoms with Gasteiger partial charge in [-0.3, -0.25) is 0 Å². The summed E-state index contributed by atoms with van der Waals surface area (Å²) in [4.78, 5) is 4.28. The molecule has 61 valence electrons. The van der Waals surface area contributed by atoms with Gasteiger partial charge in [0.15, 0.2) is 0 Å². The Balaban J connectivity index is 0.000000810. The third kappa shape index (κ3) is 2.89. The summed E-state index contributed by atoms with van der Waals surface area (Å²) in [5, 5.41) is 4.12. The van der Waals surface area contributed by atoms with E-state index in [1.165, 1.54) is 5.71 Å². The van der Waals surface area contributed by atoms with Gasteiger partial charge >= 0.3 is 0 Å². The predicted molar refractivity (Wildman–Crippen MR) is 40.0 cm³/mol. The quantitative estimate of drug-likeness (QED) is 0.612.